The molecule has 1 aromatic carbocycles. The summed E-state index contributed by atoms with van der Waals surface area (Å²) < 4.78 is 10.3. The molecule has 1 aliphatic carbocycles. The van der Waals surface area contributed by atoms with Gasteiger partial charge < -0.3 is 19.9 Å². The fourth-order valence-electron chi connectivity index (χ4n) is 2.02. The number of nitrogens with one attached hydrogen (secondary N) is 1. The first-order chi connectivity index (χ1) is 10.1. The normalized spacial score (nSPS) is 19.9. The molecule has 21 heavy (non-hydrogen) atoms. The van der Waals surface area contributed by atoms with Gasteiger partial charge in [-0.15, -0.1) is 0 Å². The minimum Gasteiger partial charge on any atom is -0.491 e. The number of carbonyl (C=O) groups excluding carboxylic acids is 1. The maximum absolute atomic E-state index is 11.7. The van der Waals surface area contributed by atoms with E-state index < -0.39 is 11.9 Å². The Balaban J connectivity index is 1.73. The molecular weight excluding hydrogens is 274 g/mol. The highest BCUT2D eigenvalue weighted by atomic mass is 16.5. The average Bonchev–Trinajstić information content (AvgIpc) is 3.27. The highest BCUT2D eigenvalue weighted by Crippen LogP contribution is 2.38. The minimum absolute atomic E-state index is 0.192. The molecule has 2 N–H and O–H groups in total. The molecule has 2 atom stereocenters. The lowest BCUT2D eigenvalue weighted by Gasteiger charge is -2.07. The van der Waals surface area contributed by atoms with Crippen LogP contribution < -0.4 is 10.1 Å². The summed E-state index contributed by atoms with van der Waals surface area (Å²) in [5.74, 6) is -1.23. The number of aliphatic carboxylic acids is 1. The van der Waals surface area contributed by atoms with E-state index in [1.807, 2.05) is 24.3 Å². The first-order valence-electron chi connectivity index (χ1n) is 6.83. The Morgan fingerprint density at radius 3 is 2.52 bits per heavy atom. The number of hydrogen-bond acceptors (Lipinski definition) is 4. The monoisotopic (exact) mass is 293 g/mol. The second-order valence-corrected chi connectivity index (χ2v) is 4.99. The molecule has 0 radical (unpaired) electrons. The lowest BCUT2D eigenvalue weighted by molar-refractivity contribution is -0.140. The summed E-state index contributed by atoms with van der Waals surface area (Å²) in [5.41, 5.74) is 0.940. The van der Waals surface area contributed by atoms with E-state index in [0.29, 0.717) is 26.2 Å². The summed E-state index contributed by atoms with van der Waals surface area (Å²) >= 11 is 0. The molecule has 114 valence electrons. The molecule has 1 aromatic rings. The molecule has 1 saturated carbocycles. The van der Waals surface area contributed by atoms with Crippen molar-refractivity contribution in [2.45, 2.75) is 13.0 Å². The molecule has 0 unspecified atom stereocenters. The molecular formula is C15H19NO5. The Bertz CT molecular complexity index is 499. The van der Waals surface area contributed by atoms with Gasteiger partial charge in [0.25, 0.3) is 0 Å². The fourth-order valence-corrected chi connectivity index (χ4v) is 2.02. The van der Waals surface area contributed by atoms with Gasteiger partial charge in [-0.1, -0.05) is 12.1 Å². The highest BCUT2D eigenvalue weighted by molar-refractivity contribution is 5.89. The highest BCUT2D eigenvalue weighted by Gasteiger charge is 2.48. The van der Waals surface area contributed by atoms with Crippen molar-refractivity contribution in [3.63, 3.8) is 0 Å². The van der Waals surface area contributed by atoms with E-state index in [0.717, 1.165) is 11.3 Å². The fraction of sp³-hybridized carbons (Fsp3) is 0.467. The predicted molar refractivity (Wildman–Crippen MR) is 74.9 cm³/mol. The number of carbonyl (C=O) groups is 2. The Labute approximate surface area is 123 Å². The van der Waals surface area contributed by atoms with Gasteiger partial charge in [0, 0.05) is 13.7 Å². The van der Waals surface area contributed by atoms with Gasteiger partial charge in [-0.2, -0.15) is 0 Å². The number of carboxylic acids is 1. The van der Waals surface area contributed by atoms with E-state index in [2.05, 4.69) is 5.32 Å². The van der Waals surface area contributed by atoms with Gasteiger partial charge in [0.2, 0.25) is 5.91 Å². The molecule has 6 heteroatoms. The van der Waals surface area contributed by atoms with Crippen molar-refractivity contribution in [1.82, 2.24) is 5.32 Å². The molecule has 0 heterocycles. The quantitative estimate of drug-likeness (QED) is 0.700. The van der Waals surface area contributed by atoms with Crippen molar-refractivity contribution < 1.29 is 24.2 Å². The molecule has 1 fully saturated rings. The van der Waals surface area contributed by atoms with Crippen molar-refractivity contribution in [3.8, 4) is 5.75 Å². The van der Waals surface area contributed by atoms with Gasteiger partial charge in [0.1, 0.15) is 12.4 Å². The molecule has 0 aromatic heterocycles. The Kier molecular flexibility index (Phi) is 5.16. The third kappa shape index (κ3) is 4.46. The third-order valence-corrected chi connectivity index (χ3v) is 3.39. The maximum atomic E-state index is 11.7. The minimum atomic E-state index is -0.896. The van der Waals surface area contributed by atoms with Crippen LogP contribution in [-0.2, 0) is 20.9 Å². The Morgan fingerprint density at radius 2 is 1.95 bits per heavy atom. The molecule has 0 aliphatic heterocycles. The summed E-state index contributed by atoms with van der Waals surface area (Å²) in [5, 5.41) is 11.5. The molecule has 6 nitrogen and oxygen atoms in total. The summed E-state index contributed by atoms with van der Waals surface area (Å²) in [4.78, 5) is 22.4. The molecule has 0 bridgehead atoms. The Morgan fingerprint density at radius 1 is 1.24 bits per heavy atom. The van der Waals surface area contributed by atoms with Gasteiger partial charge >= 0.3 is 5.97 Å². The number of rotatable bonds is 8. The topological polar surface area (TPSA) is 84.9 Å². The van der Waals surface area contributed by atoms with Gasteiger partial charge in [0.15, 0.2) is 0 Å². The van der Waals surface area contributed by atoms with Crippen molar-refractivity contribution in [1.29, 1.82) is 0 Å². The zero-order chi connectivity index (χ0) is 15.2. The van der Waals surface area contributed by atoms with Crippen molar-refractivity contribution >= 4 is 11.9 Å². The number of benzene rings is 1. The maximum Gasteiger partial charge on any atom is 0.307 e. The largest absolute Gasteiger partial charge is 0.491 e. The van der Waals surface area contributed by atoms with Crippen LogP contribution in [0.3, 0.4) is 0 Å². The van der Waals surface area contributed by atoms with E-state index in [1.54, 1.807) is 7.11 Å². The lowest BCUT2D eigenvalue weighted by Crippen LogP contribution is -2.25. The number of ether oxygens (including phenoxy) is 2. The summed E-state index contributed by atoms with van der Waals surface area (Å²) in [6, 6.07) is 7.39. The lowest BCUT2D eigenvalue weighted by atomic mass is 10.2. The van der Waals surface area contributed by atoms with Gasteiger partial charge in [-0.3, -0.25) is 9.59 Å². The van der Waals surface area contributed by atoms with Crippen LogP contribution in [0.2, 0.25) is 0 Å². The predicted octanol–water partition coefficient (Wildman–Crippen LogP) is 1.05. The van der Waals surface area contributed by atoms with E-state index in [9.17, 15) is 9.59 Å². The molecule has 2 rings (SSSR count). The standard InChI is InChI=1S/C15H19NO5/c1-20-6-7-21-11-4-2-10(3-5-11)9-16-14(17)12-8-13(12)15(18)19/h2-5,12-13H,6-9H2,1H3,(H,16,17)(H,18,19)/t12-,13-/m1/s1. The second-order valence-electron chi connectivity index (χ2n) is 4.99. The van der Waals surface area contributed by atoms with Crippen LogP contribution in [0.4, 0.5) is 0 Å². The number of carboxylic acid groups (broad SMARTS) is 1. The smallest absolute Gasteiger partial charge is 0.307 e. The van der Waals surface area contributed by atoms with E-state index in [1.165, 1.54) is 0 Å². The summed E-state index contributed by atoms with van der Waals surface area (Å²) in [7, 11) is 1.61. The van der Waals surface area contributed by atoms with E-state index in [4.69, 9.17) is 14.6 Å². The average molecular weight is 293 g/mol. The molecule has 1 amide bonds. The second kappa shape index (κ2) is 7.08. The van der Waals surface area contributed by atoms with Gasteiger partial charge in [0.05, 0.1) is 18.4 Å². The zero-order valence-corrected chi connectivity index (χ0v) is 11.9. The number of amides is 1. The van der Waals surface area contributed by atoms with Crippen LogP contribution in [-0.4, -0.2) is 37.3 Å². The third-order valence-electron chi connectivity index (χ3n) is 3.39. The molecule has 0 saturated heterocycles. The van der Waals surface area contributed by atoms with Crippen molar-refractivity contribution in [3.05, 3.63) is 29.8 Å². The van der Waals surface area contributed by atoms with Gasteiger partial charge in [-0.05, 0) is 24.1 Å². The number of hydrogen-bond donors (Lipinski definition) is 2. The van der Waals surface area contributed by atoms with Crippen LogP contribution in [0.5, 0.6) is 5.75 Å². The van der Waals surface area contributed by atoms with Gasteiger partial charge in [-0.25, -0.2) is 0 Å². The number of methoxy groups -OCH3 is 1. The van der Waals surface area contributed by atoms with E-state index in [-0.39, 0.29) is 11.8 Å². The first-order valence-corrected chi connectivity index (χ1v) is 6.83. The van der Waals surface area contributed by atoms with Crippen LogP contribution in [0.25, 0.3) is 0 Å². The van der Waals surface area contributed by atoms with Crippen LogP contribution in [0.15, 0.2) is 24.3 Å². The summed E-state index contributed by atoms with van der Waals surface area (Å²) in [6.07, 6.45) is 0.438. The summed E-state index contributed by atoms with van der Waals surface area (Å²) in [6.45, 7) is 1.41. The first kappa shape index (κ1) is 15.3. The molecule has 1 aliphatic rings. The van der Waals surface area contributed by atoms with Crippen molar-refractivity contribution in [2.75, 3.05) is 20.3 Å². The van der Waals surface area contributed by atoms with Crippen molar-refractivity contribution in [2.24, 2.45) is 11.8 Å². The zero-order valence-electron chi connectivity index (χ0n) is 11.9. The Hall–Kier alpha value is -2.08. The van der Waals surface area contributed by atoms with Crippen LogP contribution >= 0.6 is 0 Å². The van der Waals surface area contributed by atoms with Crippen LogP contribution in [0.1, 0.15) is 12.0 Å². The molecule has 0 spiro atoms. The SMILES string of the molecule is COCCOc1ccc(CNC(=O)[C@@H]2C[C@H]2C(=O)O)cc1. The van der Waals surface area contributed by atoms with Crippen LogP contribution in [0, 0.1) is 11.8 Å². The van der Waals surface area contributed by atoms with E-state index >= 15 is 0 Å².